The zero-order chi connectivity index (χ0) is 20.9. The number of pyridine rings is 1. The molecular formula is C22H24N6O2. The summed E-state index contributed by atoms with van der Waals surface area (Å²) in [5, 5.41) is 11.6. The Kier molecular flexibility index (Phi) is 5.76. The lowest BCUT2D eigenvalue weighted by atomic mass is 10.2. The van der Waals surface area contributed by atoms with Gasteiger partial charge in [-0.05, 0) is 42.9 Å². The highest BCUT2D eigenvalue weighted by Crippen LogP contribution is 2.24. The summed E-state index contributed by atoms with van der Waals surface area (Å²) in [6.07, 6.45) is 6.79. The number of fused-ring (bicyclic) bond motifs is 1. The molecule has 3 heterocycles. The first kappa shape index (κ1) is 19.7. The van der Waals surface area contributed by atoms with Crippen LogP contribution in [0.5, 0.6) is 0 Å². The predicted octanol–water partition coefficient (Wildman–Crippen LogP) is 3.31. The smallest absolute Gasteiger partial charge is 0.276 e. The molecule has 8 nitrogen and oxygen atoms in total. The maximum Gasteiger partial charge on any atom is 0.276 e. The summed E-state index contributed by atoms with van der Waals surface area (Å²) in [5.41, 5.74) is 3.55. The first-order valence-electron chi connectivity index (χ1n) is 9.86. The standard InChI is InChI=1S/C22H24N6O2/c1-3-23-10-12-27(2)20-6-9-24-15-19(20)25-22(29)18-7-11-28(26-18)17-4-5-21-16(14-17)8-13-30-21/h4-9,11,13-15,23H,3,10,12H2,1-2H3,(H,25,29). The molecule has 0 aliphatic rings. The van der Waals surface area contributed by atoms with Crippen molar-refractivity contribution < 1.29 is 9.21 Å². The number of likely N-dealkylation sites (N-methyl/N-ethyl adjacent to an activating group) is 2. The van der Waals surface area contributed by atoms with Crippen LogP contribution in [-0.2, 0) is 0 Å². The van der Waals surface area contributed by atoms with E-state index in [1.54, 1.807) is 35.6 Å². The Morgan fingerprint density at radius 3 is 3.00 bits per heavy atom. The molecule has 0 radical (unpaired) electrons. The van der Waals surface area contributed by atoms with Gasteiger partial charge in [-0.1, -0.05) is 6.92 Å². The van der Waals surface area contributed by atoms with E-state index in [9.17, 15) is 4.79 Å². The normalized spacial score (nSPS) is 11.0. The van der Waals surface area contributed by atoms with Crippen LogP contribution in [0.2, 0.25) is 0 Å². The summed E-state index contributed by atoms with van der Waals surface area (Å²) in [4.78, 5) is 19.0. The minimum atomic E-state index is -0.285. The number of nitrogens with zero attached hydrogens (tertiary/aromatic N) is 4. The number of furan rings is 1. The Labute approximate surface area is 174 Å². The van der Waals surface area contributed by atoms with E-state index in [-0.39, 0.29) is 5.91 Å². The molecule has 3 aromatic heterocycles. The van der Waals surface area contributed by atoms with Crippen LogP contribution >= 0.6 is 0 Å². The van der Waals surface area contributed by atoms with Crippen molar-refractivity contribution in [1.29, 1.82) is 0 Å². The van der Waals surface area contributed by atoms with Crippen molar-refractivity contribution in [3.63, 3.8) is 0 Å². The van der Waals surface area contributed by atoms with E-state index in [4.69, 9.17) is 4.42 Å². The molecule has 30 heavy (non-hydrogen) atoms. The van der Waals surface area contributed by atoms with E-state index in [0.29, 0.717) is 11.4 Å². The third-order valence-electron chi connectivity index (χ3n) is 4.85. The van der Waals surface area contributed by atoms with Gasteiger partial charge in [0.05, 0.1) is 29.5 Å². The van der Waals surface area contributed by atoms with Crippen LogP contribution in [0.4, 0.5) is 11.4 Å². The molecule has 4 aromatic rings. The van der Waals surface area contributed by atoms with Crippen molar-refractivity contribution in [2.75, 3.05) is 36.9 Å². The fraction of sp³-hybridized carbons (Fsp3) is 0.227. The van der Waals surface area contributed by atoms with Gasteiger partial charge in [-0.3, -0.25) is 9.78 Å². The summed E-state index contributed by atoms with van der Waals surface area (Å²) in [6.45, 7) is 4.66. The Balaban J connectivity index is 1.50. The number of aromatic nitrogens is 3. The van der Waals surface area contributed by atoms with E-state index in [2.05, 4.69) is 32.5 Å². The van der Waals surface area contributed by atoms with Gasteiger partial charge in [-0.2, -0.15) is 5.10 Å². The molecule has 1 amide bonds. The highest BCUT2D eigenvalue weighted by Gasteiger charge is 2.15. The lowest BCUT2D eigenvalue weighted by Gasteiger charge is -2.22. The van der Waals surface area contributed by atoms with Crippen LogP contribution < -0.4 is 15.5 Å². The van der Waals surface area contributed by atoms with Crippen LogP contribution in [0.3, 0.4) is 0 Å². The van der Waals surface area contributed by atoms with Gasteiger partial charge in [0.15, 0.2) is 5.69 Å². The number of hydrogen-bond donors (Lipinski definition) is 2. The zero-order valence-electron chi connectivity index (χ0n) is 17.0. The number of carbonyl (C=O) groups is 1. The Hall–Kier alpha value is -3.65. The lowest BCUT2D eigenvalue weighted by molar-refractivity contribution is 0.102. The van der Waals surface area contributed by atoms with Crippen molar-refractivity contribution in [1.82, 2.24) is 20.1 Å². The van der Waals surface area contributed by atoms with Crippen LogP contribution in [0.1, 0.15) is 17.4 Å². The highest BCUT2D eigenvalue weighted by molar-refractivity contribution is 6.04. The van der Waals surface area contributed by atoms with Gasteiger partial charge in [0, 0.05) is 37.9 Å². The van der Waals surface area contributed by atoms with Crippen LogP contribution in [-0.4, -0.2) is 47.4 Å². The van der Waals surface area contributed by atoms with E-state index in [1.165, 1.54) is 0 Å². The van der Waals surface area contributed by atoms with Crippen LogP contribution in [0.15, 0.2) is 65.7 Å². The molecule has 4 rings (SSSR count). The fourth-order valence-corrected chi connectivity index (χ4v) is 3.23. The average Bonchev–Trinajstić information content (AvgIpc) is 3.43. The van der Waals surface area contributed by atoms with Gasteiger partial charge in [0.2, 0.25) is 0 Å². The molecule has 0 unspecified atom stereocenters. The number of amides is 1. The van der Waals surface area contributed by atoms with Gasteiger partial charge < -0.3 is 20.0 Å². The summed E-state index contributed by atoms with van der Waals surface area (Å²) >= 11 is 0. The van der Waals surface area contributed by atoms with Gasteiger partial charge in [0.1, 0.15) is 5.58 Å². The molecule has 0 atom stereocenters. The number of carbonyl (C=O) groups excluding carboxylic acids is 1. The largest absolute Gasteiger partial charge is 0.464 e. The number of hydrogen-bond acceptors (Lipinski definition) is 6. The van der Waals surface area contributed by atoms with Gasteiger partial charge >= 0.3 is 0 Å². The molecular weight excluding hydrogens is 380 g/mol. The van der Waals surface area contributed by atoms with Crippen molar-refractivity contribution in [2.45, 2.75) is 6.92 Å². The molecule has 8 heteroatoms. The maximum absolute atomic E-state index is 12.8. The highest BCUT2D eigenvalue weighted by atomic mass is 16.3. The van der Waals surface area contributed by atoms with Crippen molar-refractivity contribution in [2.24, 2.45) is 0 Å². The van der Waals surface area contributed by atoms with E-state index < -0.39 is 0 Å². The minimum Gasteiger partial charge on any atom is -0.464 e. The first-order valence-corrected chi connectivity index (χ1v) is 9.86. The quantitative estimate of drug-likeness (QED) is 0.438. The van der Waals surface area contributed by atoms with Crippen LogP contribution in [0, 0.1) is 0 Å². The molecule has 0 fully saturated rings. The molecule has 1 aromatic carbocycles. The molecule has 0 saturated heterocycles. The van der Waals surface area contributed by atoms with Crippen molar-refractivity contribution >= 4 is 28.3 Å². The maximum atomic E-state index is 12.8. The molecule has 154 valence electrons. The van der Waals surface area contributed by atoms with Gasteiger partial charge in [-0.15, -0.1) is 0 Å². The van der Waals surface area contributed by atoms with Crippen molar-refractivity contribution in [3.8, 4) is 5.69 Å². The Bertz CT molecular complexity index is 1150. The third kappa shape index (κ3) is 4.18. The molecule has 0 spiro atoms. The number of rotatable bonds is 8. The Morgan fingerprint density at radius 1 is 1.23 bits per heavy atom. The molecule has 0 bridgehead atoms. The lowest BCUT2D eigenvalue weighted by Crippen LogP contribution is -2.29. The van der Waals surface area contributed by atoms with E-state index in [1.807, 2.05) is 37.4 Å². The predicted molar refractivity (Wildman–Crippen MR) is 117 cm³/mol. The summed E-state index contributed by atoms with van der Waals surface area (Å²) in [6, 6.07) is 11.2. The molecule has 0 saturated carbocycles. The van der Waals surface area contributed by atoms with Crippen LogP contribution in [0.25, 0.3) is 16.7 Å². The van der Waals surface area contributed by atoms with Gasteiger partial charge in [-0.25, -0.2) is 4.68 Å². The van der Waals surface area contributed by atoms with Gasteiger partial charge in [0.25, 0.3) is 5.91 Å². The number of anilines is 2. The third-order valence-corrected chi connectivity index (χ3v) is 4.85. The minimum absolute atomic E-state index is 0.285. The summed E-state index contributed by atoms with van der Waals surface area (Å²) < 4.78 is 7.05. The fourth-order valence-electron chi connectivity index (χ4n) is 3.23. The molecule has 2 N–H and O–H groups in total. The summed E-state index contributed by atoms with van der Waals surface area (Å²) in [7, 11) is 1.99. The number of nitrogens with one attached hydrogen (secondary N) is 2. The van der Waals surface area contributed by atoms with E-state index in [0.717, 1.165) is 42.0 Å². The average molecular weight is 404 g/mol. The van der Waals surface area contributed by atoms with E-state index >= 15 is 0 Å². The zero-order valence-corrected chi connectivity index (χ0v) is 17.0. The summed E-state index contributed by atoms with van der Waals surface area (Å²) in [5.74, 6) is -0.285. The molecule has 0 aliphatic heterocycles. The number of benzene rings is 1. The second kappa shape index (κ2) is 8.79. The monoisotopic (exact) mass is 404 g/mol. The Morgan fingerprint density at radius 2 is 2.13 bits per heavy atom. The first-order chi connectivity index (χ1) is 14.7. The van der Waals surface area contributed by atoms with Crippen molar-refractivity contribution in [3.05, 3.63) is 66.9 Å². The SMILES string of the molecule is CCNCCN(C)c1ccncc1NC(=O)c1ccn(-c2ccc3occc3c2)n1. The second-order valence-corrected chi connectivity index (χ2v) is 6.91. The second-order valence-electron chi connectivity index (χ2n) is 6.91. The molecule has 0 aliphatic carbocycles. The topological polar surface area (TPSA) is 88.2 Å².